The summed E-state index contributed by atoms with van der Waals surface area (Å²) in [6.07, 6.45) is 0. The van der Waals surface area contributed by atoms with E-state index in [0.29, 0.717) is 11.0 Å². The van der Waals surface area contributed by atoms with Gasteiger partial charge in [-0.1, -0.05) is 11.6 Å². The van der Waals surface area contributed by atoms with Crippen molar-refractivity contribution in [2.75, 3.05) is 0 Å². The van der Waals surface area contributed by atoms with Crippen LogP contribution in [-0.4, -0.2) is 14.8 Å². The minimum absolute atomic E-state index is 0.135. The van der Waals surface area contributed by atoms with Crippen LogP contribution in [0.5, 0.6) is 0 Å². The van der Waals surface area contributed by atoms with E-state index in [4.69, 9.17) is 11.6 Å². The first kappa shape index (κ1) is 10.3. The van der Waals surface area contributed by atoms with Crippen molar-refractivity contribution >= 4 is 22.9 Å². The molecule has 0 unspecified atom stereocenters. The molecule has 0 amide bonds. The second kappa shape index (κ2) is 4.12. The quantitative estimate of drug-likeness (QED) is 0.804. The molecule has 6 heteroatoms. The minimum atomic E-state index is -0.135. The lowest BCUT2D eigenvalue weighted by Crippen LogP contribution is -2.23. The summed E-state index contributed by atoms with van der Waals surface area (Å²) >= 11 is 7.04. The van der Waals surface area contributed by atoms with Gasteiger partial charge in [0.25, 0.3) is 5.56 Å². The number of halogens is 1. The zero-order chi connectivity index (χ0) is 10.8. The standard InChI is InChI=1S/C9H8ClN3OS/c1-6-2-3-8(14)13(12-6)4-7-5-15-9(10)11-7/h2-3,5H,4H2,1H3. The molecule has 0 aliphatic carbocycles. The summed E-state index contributed by atoms with van der Waals surface area (Å²) in [5, 5.41) is 5.92. The molecule has 78 valence electrons. The Morgan fingerprint density at radius 3 is 3.00 bits per heavy atom. The molecule has 4 nitrogen and oxygen atoms in total. The van der Waals surface area contributed by atoms with Gasteiger partial charge in [-0.05, 0) is 13.0 Å². The molecule has 2 heterocycles. The first-order valence-corrected chi connectivity index (χ1v) is 5.55. The summed E-state index contributed by atoms with van der Waals surface area (Å²) in [6.45, 7) is 2.20. The highest BCUT2D eigenvalue weighted by Gasteiger charge is 2.03. The number of hydrogen-bond donors (Lipinski definition) is 0. The molecule has 0 N–H and O–H groups in total. The van der Waals surface area contributed by atoms with Crippen molar-refractivity contribution in [2.45, 2.75) is 13.5 Å². The van der Waals surface area contributed by atoms with Crippen molar-refractivity contribution in [1.29, 1.82) is 0 Å². The van der Waals surface area contributed by atoms with Gasteiger partial charge in [-0.15, -0.1) is 11.3 Å². The Kier molecular flexibility index (Phi) is 2.83. The predicted molar refractivity (Wildman–Crippen MR) is 59.5 cm³/mol. The highest BCUT2D eigenvalue weighted by atomic mass is 35.5. The Bertz CT molecular complexity index is 534. The Morgan fingerprint density at radius 2 is 2.33 bits per heavy atom. The van der Waals surface area contributed by atoms with Gasteiger partial charge in [-0.2, -0.15) is 5.10 Å². The zero-order valence-electron chi connectivity index (χ0n) is 7.98. The summed E-state index contributed by atoms with van der Waals surface area (Å²) in [5.41, 5.74) is 1.42. The van der Waals surface area contributed by atoms with Crippen LogP contribution in [0.3, 0.4) is 0 Å². The van der Waals surface area contributed by atoms with Crippen molar-refractivity contribution in [3.05, 3.63) is 43.7 Å². The number of aromatic nitrogens is 3. The smallest absolute Gasteiger partial charge is 0.267 e. The predicted octanol–water partition coefficient (Wildman–Crippen LogP) is 1.71. The van der Waals surface area contributed by atoms with Crippen LogP contribution in [0.4, 0.5) is 0 Å². The molecule has 0 radical (unpaired) electrons. The fourth-order valence-electron chi connectivity index (χ4n) is 1.17. The van der Waals surface area contributed by atoms with Crippen LogP contribution in [-0.2, 0) is 6.54 Å². The maximum absolute atomic E-state index is 11.4. The third-order valence-corrected chi connectivity index (χ3v) is 2.86. The number of rotatable bonds is 2. The molecule has 2 aromatic rings. The summed E-state index contributed by atoms with van der Waals surface area (Å²) in [6, 6.07) is 3.18. The molecule has 2 rings (SSSR count). The van der Waals surface area contributed by atoms with Gasteiger partial charge < -0.3 is 0 Å². The largest absolute Gasteiger partial charge is 0.268 e. The molecule has 0 saturated heterocycles. The van der Waals surface area contributed by atoms with Crippen LogP contribution >= 0.6 is 22.9 Å². The third-order valence-electron chi connectivity index (χ3n) is 1.84. The normalized spacial score (nSPS) is 10.5. The molecule has 0 saturated carbocycles. The maximum atomic E-state index is 11.4. The van der Waals surface area contributed by atoms with Crippen LogP contribution in [0.25, 0.3) is 0 Å². The average molecular weight is 242 g/mol. The summed E-state index contributed by atoms with van der Waals surface area (Å²) in [5.74, 6) is 0. The Hall–Kier alpha value is -1.20. The molecular formula is C9H8ClN3OS. The van der Waals surface area contributed by atoms with E-state index in [-0.39, 0.29) is 5.56 Å². The van der Waals surface area contributed by atoms with Crippen LogP contribution in [0.15, 0.2) is 22.3 Å². The van der Waals surface area contributed by atoms with Crippen LogP contribution < -0.4 is 5.56 Å². The average Bonchev–Trinajstić information content (AvgIpc) is 2.58. The fraction of sp³-hybridized carbons (Fsp3) is 0.222. The van der Waals surface area contributed by atoms with Gasteiger partial charge >= 0.3 is 0 Å². The van der Waals surface area contributed by atoms with Gasteiger partial charge in [0.2, 0.25) is 0 Å². The third kappa shape index (κ3) is 2.43. The molecule has 0 bridgehead atoms. The van der Waals surface area contributed by atoms with Gasteiger partial charge in [0.15, 0.2) is 4.47 Å². The minimum Gasteiger partial charge on any atom is -0.268 e. The van der Waals surface area contributed by atoms with E-state index in [1.807, 2.05) is 12.3 Å². The monoisotopic (exact) mass is 241 g/mol. The van der Waals surface area contributed by atoms with Crippen LogP contribution in [0.2, 0.25) is 4.47 Å². The van der Waals surface area contributed by atoms with Gasteiger partial charge in [-0.25, -0.2) is 9.67 Å². The first-order chi connectivity index (χ1) is 7.15. The highest BCUT2D eigenvalue weighted by Crippen LogP contribution is 2.15. The number of aryl methyl sites for hydroxylation is 1. The van der Waals surface area contributed by atoms with Crippen molar-refractivity contribution in [1.82, 2.24) is 14.8 Å². The van der Waals surface area contributed by atoms with Gasteiger partial charge in [0, 0.05) is 11.4 Å². The lowest BCUT2D eigenvalue weighted by molar-refractivity contribution is 0.620. The molecule has 0 aliphatic heterocycles. The number of thiazole rings is 1. The highest BCUT2D eigenvalue weighted by molar-refractivity contribution is 7.13. The molecular weight excluding hydrogens is 234 g/mol. The molecule has 0 atom stereocenters. The Labute approximate surface area is 95.2 Å². The second-order valence-electron chi connectivity index (χ2n) is 3.06. The Balaban J connectivity index is 2.31. The summed E-state index contributed by atoms with van der Waals surface area (Å²) in [7, 11) is 0. The number of nitrogens with zero attached hydrogens (tertiary/aromatic N) is 3. The molecule has 0 spiro atoms. The second-order valence-corrected chi connectivity index (χ2v) is 4.50. The van der Waals surface area contributed by atoms with E-state index in [1.165, 1.54) is 22.1 Å². The van der Waals surface area contributed by atoms with E-state index < -0.39 is 0 Å². The SMILES string of the molecule is Cc1ccc(=O)n(Cc2csc(Cl)n2)n1. The maximum Gasteiger partial charge on any atom is 0.267 e. The summed E-state index contributed by atoms with van der Waals surface area (Å²) in [4.78, 5) is 15.5. The topological polar surface area (TPSA) is 47.8 Å². The lowest BCUT2D eigenvalue weighted by atomic mass is 10.4. The Morgan fingerprint density at radius 1 is 1.53 bits per heavy atom. The van der Waals surface area contributed by atoms with E-state index in [2.05, 4.69) is 10.1 Å². The van der Waals surface area contributed by atoms with Crippen LogP contribution in [0.1, 0.15) is 11.4 Å². The molecule has 0 fully saturated rings. The first-order valence-electron chi connectivity index (χ1n) is 4.30. The zero-order valence-corrected chi connectivity index (χ0v) is 9.55. The van der Waals surface area contributed by atoms with Crippen LogP contribution in [0, 0.1) is 6.92 Å². The lowest BCUT2D eigenvalue weighted by Gasteiger charge is -2.01. The van der Waals surface area contributed by atoms with Gasteiger partial charge in [0.1, 0.15) is 0 Å². The van der Waals surface area contributed by atoms with E-state index in [0.717, 1.165) is 11.4 Å². The van der Waals surface area contributed by atoms with Crippen molar-refractivity contribution in [3.8, 4) is 0 Å². The van der Waals surface area contributed by atoms with Gasteiger partial charge in [0.05, 0.1) is 17.9 Å². The molecule has 15 heavy (non-hydrogen) atoms. The van der Waals surface area contributed by atoms with Crippen molar-refractivity contribution in [2.24, 2.45) is 0 Å². The van der Waals surface area contributed by atoms with Crippen molar-refractivity contribution in [3.63, 3.8) is 0 Å². The molecule has 0 aliphatic rings. The van der Waals surface area contributed by atoms with E-state index in [1.54, 1.807) is 6.07 Å². The fourth-order valence-corrected chi connectivity index (χ4v) is 1.95. The van der Waals surface area contributed by atoms with E-state index in [9.17, 15) is 4.79 Å². The van der Waals surface area contributed by atoms with E-state index >= 15 is 0 Å². The molecule has 0 aromatic carbocycles. The summed E-state index contributed by atoms with van der Waals surface area (Å²) < 4.78 is 1.85. The van der Waals surface area contributed by atoms with Crippen molar-refractivity contribution < 1.29 is 0 Å². The molecule has 2 aromatic heterocycles. The number of hydrogen-bond acceptors (Lipinski definition) is 4. The van der Waals surface area contributed by atoms with Gasteiger partial charge in [-0.3, -0.25) is 4.79 Å².